The lowest BCUT2D eigenvalue weighted by Gasteiger charge is -2.30. The highest BCUT2D eigenvalue weighted by molar-refractivity contribution is 7.25. The molecule has 0 N–H and O–H groups in total. The molecule has 0 atom stereocenters. The molecule has 4 nitrogen and oxygen atoms in total. The standard InChI is InChI=1S/C70H41N3OS/c1-2-17-43(18-3-1)46-19-4-5-22-50(46)67-71-68(73-69(72-67)54-27-16-34-63-66(54)52-24-9-13-33-62(52)75-63)53-26-15-32-61-65(53)55-41-45(39-40-60(55)74-61)42-35-37-44(38-36-42)47-25-14-31-59-64(47)51-23-8-12-30-58(51)70(59)56-28-10-6-20-48(56)49-21-7-11-29-57(49)70/h1-41H. The summed E-state index contributed by atoms with van der Waals surface area (Å²) in [5.74, 6) is 1.82. The number of thiophene rings is 1. The van der Waals surface area contributed by atoms with Crippen molar-refractivity contribution in [3.8, 4) is 89.8 Å². The van der Waals surface area contributed by atoms with Gasteiger partial charge in [-0.15, -0.1) is 11.3 Å². The Morgan fingerprint density at radius 3 is 1.53 bits per heavy atom. The van der Waals surface area contributed by atoms with Crippen LogP contribution in [-0.2, 0) is 5.41 Å². The molecule has 0 saturated heterocycles. The van der Waals surface area contributed by atoms with Gasteiger partial charge in [-0.05, 0) is 108 Å². The maximum absolute atomic E-state index is 6.67. The van der Waals surface area contributed by atoms with E-state index >= 15 is 0 Å². The van der Waals surface area contributed by atoms with E-state index in [2.05, 4.69) is 231 Å². The molecule has 0 unspecified atom stereocenters. The molecule has 0 aliphatic heterocycles. The first kappa shape index (κ1) is 42.0. The van der Waals surface area contributed by atoms with Crippen molar-refractivity contribution < 1.29 is 4.42 Å². The molecular weight excluding hydrogens is 931 g/mol. The van der Waals surface area contributed by atoms with Gasteiger partial charge in [-0.25, -0.2) is 15.0 Å². The number of hydrogen-bond acceptors (Lipinski definition) is 5. The molecule has 0 fully saturated rings. The molecule has 0 radical (unpaired) electrons. The van der Waals surface area contributed by atoms with E-state index in [1.165, 1.54) is 70.4 Å². The first-order chi connectivity index (χ1) is 37.2. The number of aromatic nitrogens is 3. The Balaban J connectivity index is 0.839. The van der Waals surface area contributed by atoms with Gasteiger partial charge in [0, 0.05) is 47.6 Å². The zero-order valence-electron chi connectivity index (χ0n) is 40.3. The zero-order valence-corrected chi connectivity index (χ0v) is 41.1. The molecular formula is C70H41N3OS. The number of fused-ring (bicyclic) bond motifs is 16. The van der Waals surface area contributed by atoms with Crippen molar-refractivity contribution in [1.29, 1.82) is 0 Å². The zero-order chi connectivity index (χ0) is 49.2. The van der Waals surface area contributed by atoms with Crippen LogP contribution in [-0.4, -0.2) is 15.0 Å². The van der Waals surface area contributed by atoms with E-state index in [1.807, 2.05) is 18.2 Å². The average molecular weight is 972 g/mol. The summed E-state index contributed by atoms with van der Waals surface area (Å²) < 4.78 is 9.09. The van der Waals surface area contributed by atoms with Crippen molar-refractivity contribution in [1.82, 2.24) is 15.0 Å². The van der Waals surface area contributed by atoms with Crippen LogP contribution in [0, 0.1) is 0 Å². The number of hydrogen-bond donors (Lipinski definition) is 0. The van der Waals surface area contributed by atoms with Crippen LogP contribution in [0.2, 0.25) is 0 Å². The van der Waals surface area contributed by atoms with Gasteiger partial charge in [0.1, 0.15) is 11.2 Å². The second-order valence-electron chi connectivity index (χ2n) is 19.7. The Labute approximate surface area is 436 Å². The van der Waals surface area contributed by atoms with Crippen molar-refractivity contribution >= 4 is 53.4 Å². The Bertz CT molecular complexity index is 4620. The minimum Gasteiger partial charge on any atom is -0.456 e. The Morgan fingerprint density at radius 2 is 0.787 bits per heavy atom. The quantitative estimate of drug-likeness (QED) is 0.167. The summed E-state index contributed by atoms with van der Waals surface area (Å²) >= 11 is 1.79. The second-order valence-corrected chi connectivity index (χ2v) is 20.8. The third-order valence-corrected chi connectivity index (χ3v) is 17.0. The summed E-state index contributed by atoms with van der Waals surface area (Å²) in [7, 11) is 0. The molecule has 5 heteroatoms. The van der Waals surface area contributed by atoms with Crippen LogP contribution in [0.25, 0.3) is 132 Å². The van der Waals surface area contributed by atoms with Crippen molar-refractivity contribution in [2.24, 2.45) is 0 Å². The molecule has 3 heterocycles. The van der Waals surface area contributed by atoms with E-state index in [1.54, 1.807) is 11.3 Å². The molecule has 16 rings (SSSR count). The lowest BCUT2D eigenvalue weighted by Crippen LogP contribution is -2.25. The molecule has 2 aliphatic rings. The summed E-state index contributed by atoms with van der Waals surface area (Å²) in [6.45, 7) is 0. The highest BCUT2D eigenvalue weighted by Crippen LogP contribution is 2.64. The van der Waals surface area contributed by atoms with Gasteiger partial charge in [0.25, 0.3) is 0 Å². The van der Waals surface area contributed by atoms with E-state index in [0.717, 1.165) is 66.3 Å². The lowest BCUT2D eigenvalue weighted by molar-refractivity contribution is 0.669. The Hall–Kier alpha value is -9.55. The highest BCUT2D eigenvalue weighted by Gasteiger charge is 2.52. The molecule has 1 spiro atoms. The first-order valence-electron chi connectivity index (χ1n) is 25.5. The number of furan rings is 1. The SMILES string of the molecule is c1ccc(-c2ccccc2-c2nc(-c3cccc4oc5ccc(-c6ccc(-c7cccc8c7-c7ccccc7C87c8ccccc8-c8ccccc87)cc6)cc5c34)nc(-c3cccc4sc5ccccc5c34)n2)cc1. The number of benzene rings is 11. The van der Waals surface area contributed by atoms with Crippen LogP contribution in [0.5, 0.6) is 0 Å². The molecule has 2 aliphatic carbocycles. The van der Waals surface area contributed by atoms with E-state index in [-0.39, 0.29) is 5.41 Å². The monoisotopic (exact) mass is 971 g/mol. The fourth-order valence-corrected chi connectivity index (χ4v) is 13.8. The summed E-state index contributed by atoms with van der Waals surface area (Å²) in [4.78, 5) is 16.2. The molecule has 3 aromatic heterocycles. The van der Waals surface area contributed by atoms with E-state index < -0.39 is 0 Å². The molecule has 75 heavy (non-hydrogen) atoms. The van der Waals surface area contributed by atoms with Crippen molar-refractivity contribution in [2.45, 2.75) is 5.41 Å². The van der Waals surface area contributed by atoms with Gasteiger partial charge in [0.15, 0.2) is 17.5 Å². The number of rotatable bonds is 6. The fourth-order valence-electron chi connectivity index (χ4n) is 12.7. The van der Waals surface area contributed by atoms with Gasteiger partial charge in [0.05, 0.1) is 5.41 Å². The van der Waals surface area contributed by atoms with Crippen LogP contribution in [0.1, 0.15) is 22.3 Å². The summed E-state index contributed by atoms with van der Waals surface area (Å²) in [5, 5.41) is 4.31. The summed E-state index contributed by atoms with van der Waals surface area (Å²) in [6, 6.07) is 89.7. The summed E-state index contributed by atoms with van der Waals surface area (Å²) in [6.07, 6.45) is 0. The third kappa shape index (κ3) is 6.13. The van der Waals surface area contributed by atoms with Gasteiger partial charge in [-0.1, -0.05) is 218 Å². The largest absolute Gasteiger partial charge is 0.456 e. The van der Waals surface area contributed by atoms with Crippen LogP contribution < -0.4 is 0 Å². The van der Waals surface area contributed by atoms with E-state index in [0.29, 0.717) is 17.5 Å². The summed E-state index contributed by atoms with van der Waals surface area (Å²) in [5.41, 5.74) is 21.4. The predicted octanol–water partition coefficient (Wildman–Crippen LogP) is 18.5. The van der Waals surface area contributed by atoms with Crippen LogP contribution >= 0.6 is 11.3 Å². The average Bonchev–Trinajstić information content (AvgIpc) is 4.40. The van der Waals surface area contributed by atoms with Crippen molar-refractivity contribution in [3.63, 3.8) is 0 Å². The van der Waals surface area contributed by atoms with Crippen molar-refractivity contribution in [3.05, 3.63) is 271 Å². The van der Waals surface area contributed by atoms with Crippen LogP contribution in [0.15, 0.2) is 253 Å². The predicted molar refractivity (Wildman–Crippen MR) is 309 cm³/mol. The normalized spacial score (nSPS) is 12.9. The molecule has 14 aromatic rings. The lowest BCUT2D eigenvalue weighted by atomic mass is 9.70. The maximum atomic E-state index is 6.67. The Morgan fingerprint density at radius 1 is 0.293 bits per heavy atom. The topological polar surface area (TPSA) is 51.8 Å². The van der Waals surface area contributed by atoms with Gasteiger partial charge in [-0.3, -0.25) is 0 Å². The molecule has 11 aromatic carbocycles. The molecule has 348 valence electrons. The minimum atomic E-state index is -0.388. The number of nitrogens with zero attached hydrogens (tertiary/aromatic N) is 3. The van der Waals surface area contributed by atoms with Gasteiger partial charge in [-0.2, -0.15) is 0 Å². The van der Waals surface area contributed by atoms with E-state index in [4.69, 9.17) is 19.4 Å². The molecule has 0 bridgehead atoms. The maximum Gasteiger partial charge on any atom is 0.164 e. The minimum absolute atomic E-state index is 0.388. The van der Waals surface area contributed by atoms with Crippen molar-refractivity contribution in [2.75, 3.05) is 0 Å². The van der Waals surface area contributed by atoms with E-state index in [9.17, 15) is 0 Å². The van der Waals surface area contributed by atoms with Gasteiger partial charge in [0.2, 0.25) is 0 Å². The van der Waals surface area contributed by atoms with Gasteiger partial charge < -0.3 is 4.42 Å². The van der Waals surface area contributed by atoms with Crippen LogP contribution in [0.4, 0.5) is 0 Å². The first-order valence-corrected chi connectivity index (χ1v) is 26.3. The highest BCUT2D eigenvalue weighted by atomic mass is 32.1. The Kier molecular flexibility index (Phi) is 9.09. The molecule has 0 amide bonds. The smallest absolute Gasteiger partial charge is 0.164 e. The fraction of sp³-hybridized carbons (Fsp3) is 0.0143. The van der Waals surface area contributed by atoms with Crippen LogP contribution in [0.3, 0.4) is 0 Å². The third-order valence-electron chi connectivity index (χ3n) is 15.8. The van der Waals surface area contributed by atoms with Gasteiger partial charge >= 0.3 is 0 Å². The molecule has 0 saturated carbocycles. The second kappa shape index (κ2) is 16.2.